The van der Waals surface area contributed by atoms with Crippen LogP contribution in [0.4, 0.5) is 19.3 Å². The minimum Gasteiger partial charge on any atom is -0.337 e. The summed E-state index contributed by atoms with van der Waals surface area (Å²) in [6, 6.07) is 13.8. The standard InChI is InChI=1S/C19H20F2N4O/c1-12-6-5-7-14(10-12)23-19(26)22-11-13(2)17-24-15-8-3-4-9-16(15)25(17)18(20)21/h3-10,13,18H,11H2,1-2H3,(H2,22,23,26)/t13-/m1/s1. The number of nitrogens with zero attached hydrogens (tertiary/aromatic N) is 2. The third-order valence-corrected chi connectivity index (χ3v) is 4.10. The Morgan fingerprint density at radius 1 is 1.19 bits per heavy atom. The zero-order valence-electron chi connectivity index (χ0n) is 14.5. The average Bonchev–Trinajstić information content (AvgIpc) is 2.99. The molecule has 3 rings (SSSR count). The summed E-state index contributed by atoms with van der Waals surface area (Å²) in [7, 11) is 0. The monoisotopic (exact) mass is 358 g/mol. The van der Waals surface area contributed by atoms with Crippen molar-refractivity contribution in [2.75, 3.05) is 11.9 Å². The smallest absolute Gasteiger partial charge is 0.320 e. The number of urea groups is 1. The molecule has 0 saturated heterocycles. The molecule has 0 aliphatic carbocycles. The predicted molar refractivity (Wildman–Crippen MR) is 97.6 cm³/mol. The van der Waals surface area contributed by atoms with Gasteiger partial charge in [-0.05, 0) is 36.8 Å². The van der Waals surface area contributed by atoms with E-state index in [0.29, 0.717) is 16.7 Å². The fourth-order valence-corrected chi connectivity index (χ4v) is 2.85. The summed E-state index contributed by atoms with van der Waals surface area (Å²) in [5.41, 5.74) is 2.60. The lowest BCUT2D eigenvalue weighted by Crippen LogP contribution is -2.32. The van der Waals surface area contributed by atoms with Gasteiger partial charge in [-0.3, -0.25) is 4.57 Å². The Balaban J connectivity index is 1.70. The number of hydrogen-bond acceptors (Lipinski definition) is 2. The third-order valence-electron chi connectivity index (χ3n) is 4.10. The summed E-state index contributed by atoms with van der Waals surface area (Å²) in [6.07, 6.45) is 0. The number of fused-ring (bicyclic) bond motifs is 1. The molecule has 7 heteroatoms. The molecule has 0 bridgehead atoms. The summed E-state index contributed by atoms with van der Waals surface area (Å²) >= 11 is 0. The van der Waals surface area contributed by atoms with Crippen molar-refractivity contribution in [3.05, 3.63) is 59.9 Å². The number of benzene rings is 2. The molecule has 3 aromatic rings. The maximum Gasteiger partial charge on any atom is 0.320 e. The summed E-state index contributed by atoms with van der Waals surface area (Å²) in [5, 5.41) is 5.44. The number of carbonyl (C=O) groups excluding carboxylic acids is 1. The summed E-state index contributed by atoms with van der Waals surface area (Å²) in [6.45, 7) is 1.18. The molecule has 2 N–H and O–H groups in total. The zero-order valence-corrected chi connectivity index (χ0v) is 14.5. The number of rotatable bonds is 5. The second-order valence-electron chi connectivity index (χ2n) is 6.21. The molecule has 0 unspecified atom stereocenters. The van der Waals surface area contributed by atoms with E-state index in [1.54, 1.807) is 37.3 Å². The SMILES string of the molecule is Cc1cccc(NC(=O)NC[C@@H](C)c2nc3ccccc3n2C(F)F)c1. The van der Waals surface area contributed by atoms with Crippen LogP contribution in [0.2, 0.25) is 0 Å². The normalized spacial score (nSPS) is 12.3. The Bertz CT molecular complexity index is 923. The minimum absolute atomic E-state index is 0.188. The van der Waals surface area contributed by atoms with Gasteiger partial charge < -0.3 is 10.6 Å². The van der Waals surface area contributed by atoms with Gasteiger partial charge in [0, 0.05) is 18.2 Å². The molecule has 0 aliphatic rings. The van der Waals surface area contributed by atoms with Crippen molar-refractivity contribution >= 4 is 22.8 Å². The molecule has 0 spiro atoms. The number of imidazole rings is 1. The molecule has 5 nitrogen and oxygen atoms in total. The number of amides is 2. The van der Waals surface area contributed by atoms with E-state index in [0.717, 1.165) is 10.1 Å². The van der Waals surface area contributed by atoms with Gasteiger partial charge in [-0.2, -0.15) is 8.78 Å². The van der Waals surface area contributed by atoms with Gasteiger partial charge in [-0.15, -0.1) is 0 Å². The van der Waals surface area contributed by atoms with Crippen LogP contribution in [0.5, 0.6) is 0 Å². The van der Waals surface area contributed by atoms with Crippen molar-refractivity contribution in [1.82, 2.24) is 14.9 Å². The lowest BCUT2D eigenvalue weighted by molar-refractivity contribution is 0.0705. The molecule has 2 aromatic carbocycles. The highest BCUT2D eigenvalue weighted by molar-refractivity contribution is 5.89. The van der Waals surface area contributed by atoms with E-state index in [-0.39, 0.29) is 24.3 Å². The molecule has 0 fully saturated rings. The number of para-hydroxylation sites is 2. The third kappa shape index (κ3) is 3.82. The molecule has 0 saturated carbocycles. The number of aryl methyl sites for hydroxylation is 1. The second kappa shape index (κ2) is 7.51. The van der Waals surface area contributed by atoms with Crippen molar-refractivity contribution in [1.29, 1.82) is 0 Å². The molecule has 1 heterocycles. The first-order valence-corrected chi connectivity index (χ1v) is 8.32. The second-order valence-corrected chi connectivity index (χ2v) is 6.21. The highest BCUT2D eigenvalue weighted by atomic mass is 19.3. The number of hydrogen-bond donors (Lipinski definition) is 2. The number of anilines is 1. The molecule has 1 aromatic heterocycles. The van der Waals surface area contributed by atoms with Gasteiger partial charge in [0.1, 0.15) is 5.82 Å². The number of carbonyl (C=O) groups is 1. The quantitative estimate of drug-likeness (QED) is 0.697. The molecule has 0 radical (unpaired) electrons. The maximum absolute atomic E-state index is 13.5. The number of halogens is 2. The zero-order chi connectivity index (χ0) is 18.7. The fraction of sp³-hybridized carbons (Fsp3) is 0.263. The van der Waals surface area contributed by atoms with Gasteiger partial charge in [-0.1, -0.05) is 31.2 Å². The predicted octanol–water partition coefficient (Wildman–Crippen LogP) is 4.67. The largest absolute Gasteiger partial charge is 0.337 e. The Kier molecular flexibility index (Phi) is 5.16. The Morgan fingerprint density at radius 2 is 1.96 bits per heavy atom. The van der Waals surface area contributed by atoms with Gasteiger partial charge in [0.2, 0.25) is 0 Å². The van der Waals surface area contributed by atoms with E-state index in [4.69, 9.17) is 0 Å². The van der Waals surface area contributed by atoms with E-state index in [2.05, 4.69) is 15.6 Å². The van der Waals surface area contributed by atoms with E-state index in [1.165, 1.54) is 0 Å². The van der Waals surface area contributed by atoms with Crippen molar-refractivity contribution in [2.24, 2.45) is 0 Å². The molecule has 1 atom stereocenters. The van der Waals surface area contributed by atoms with Gasteiger partial charge in [0.05, 0.1) is 11.0 Å². The first kappa shape index (κ1) is 17.8. The van der Waals surface area contributed by atoms with E-state index < -0.39 is 6.55 Å². The fourth-order valence-electron chi connectivity index (χ4n) is 2.85. The summed E-state index contributed by atoms with van der Waals surface area (Å²) in [5.74, 6) is -0.128. The van der Waals surface area contributed by atoms with E-state index in [1.807, 2.05) is 25.1 Å². The molecule has 26 heavy (non-hydrogen) atoms. The molecule has 2 amide bonds. The highest BCUT2D eigenvalue weighted by Crippen LogP contribution is 2.27. The van der Waals surface area contributed by atoms with Crippen LogP contribution in [0.1, 0.15) is 30.8 Å². The van der Waals surface area contributed by atoms with Crippen LogP contribution < -0.4 is 10.6 Å². The van der Waals surface area contributed by atoms with Crippen molar-refractivity contribution in [2.45, 2.75) is 26.3 Å². The Labute approximate surface area is 150 Å². The van der Waals surface area contributed by atoms with Crippen molar-refractivity contribution in [3.63, 3.8) is 0 Å². The van der Waals surface area contributed by atoms with Crippen molar-refractivity contribution < 1.29 is 13.6 Å². The van der Waals surface area contributed by atoms with Crippen LogP contribution in [0.15, 0.2) is 48.5 Å². The highest BCUT2D eigenvalue weighted by Gasteiger charge is 2.22. The van der Waals surface area contributed by atoms with Crippen LogP contribution in [-0.4, -0.2) is 22.1 Å². The van der Waals surface area contributed by atoms with Gasteiger partial charge in [-0.25, -0.2) is 9.78 Å². The molecular formula is C19H20F2N4O. The van der Waals surface area contributed by atoms with Crippen LogP contribution in [0, 0.1) is 6.92 Å². The summed E-state index contributed by atoms with van der Waals surface area (Å²) < 4.78 is 27.9. The van der Waals surface area contributed by atoms with Crippen LogP contribution in [0.25, 0.3) is 11.0 Å². The minimum atomic E-state index is -2.69. The Morgan fingerprint density at radius 3 is 2.69 bits per heavy atom. The maximum atomic E-state index is 13.5. The van der Waals surface area contributed by atoms with Gasteiger partial charge in [0.25, 0.3) is 0 Å². The van der Waals surface area contributed by atoms with Gasteiger partial charge >= 0.3 is 12.6 Å². The lowest BCUT2D eigenvalue weighted by atomic mass is 10.1. The van der Waals surface area contributed by atoms with Crippen LogP contribution in [-0.2, 0) is 0 Å². The van der Waals surface area contributed by atoms with Crippen LogP contribution >= 0.6 is 0 Å². The lowest BCUT2D eigenvalue weighted by Gasteiger charge is -2.15. The van der Waals surface area contributed by atoms with Crippen molar-refractivity contribution in [3.8, 4) is 0 Å². The number of alkyl halides is 2. The first-order chi connectivity index (χ1) is 12.5. The van der Waals surface area contributed by atoms with E-state index in [9.17, 15) is 13.6 Å². The van der Waals surface area contributed by atoms with Crippen LogP contribution in [0.3, 0.4) is 0 Å². The summed E-state index contributed by atoms with van der Waals surface area (Å²) in [4.78, 5) is 16.4. The molecular weight excluding hydrogens is 338 g/mol. The average molecular weight is 358 g/mol. The number of aromatic nitrogens is 2. The van der Waals surface area contributed by atoms with Gasteiger partial charge in [0.15, 0.2) is 0 Å². The number of nitrogens with one attached hydrogen (secondary N) is 2. The topological polar surface area (TPSA) is 59.0 Å². The molecule has 0 aliphatic heterocycles. The Hall–Kier alpha value is -2.96. The molecule has 136 valence electrons. The van der Waals surface area contributed by atoms with E-state index >= 15 is 0 Å². The first-order valence-electron chi connectivity index (χ1n) is 8.32.